The number of aryl methyl sites for hydroxylation is 1. The number of carbonyl (C=O) groups excluding carboxylic acids is 1. The molecular formula is C18H22N2O3. The number of hydrogen-bond acceptors (Lipinski definition) is 3. The Morgan fingerprint density at radius 1 is 1.39 bits per heavy atom. The molecule has 1 aliphatic rings. The Morgan fingerprint density at radius 3 is 2.70 bits per heavy atom. The van der Waals surface area contributed by atoms with Crippen molar-refractivity contribution >= 4 is 16.8 Å². The highest BCUT2D eigenvalue weighted by molar-refractivity contribution is 6.07. The van der Waals surface area contributed by atoms with E-state index in [9.17, 15) is 14.7 Å². The van der Waals surface area contributed by atoms with E-state index in [4.69, 9.17) is 0 Å². The predicted octanol–water partition coefficient (Wildman–Crippen LogP) is 1.74. The molecular weight excluding hydrogens is 292 g/mol. The van der Waals surface area contributed by atoms with E-state index in [0.29, 0.717) is 17.0 Å². The number of rotatable bonds is 4. The van der Waals surface area contributed by atoms with Crippen molar-refractivity contribution in [1.82, 2.24) is 9.88 Å². The van der Waals surface area contributed by atoms with Crippen LogP contribution in [0.25, 0.3) is 10.9 Å². The first kappa shape index (κ1) is 15.7. The fourth-order valence-corrected chi connectivity index (χ4v) is 3.34. The molecule has 0 radical (unpaired) electrons. The third kappa shape index (κ3) is 2.65. The topological polar surface area (TPSA) is 71.3 Å². The number of para-hydroxylation sites is 1. The van der Waals surface area contributed by atoms with Crippen LogP contribution in [0.3, 0.4) is 0 Å². The Kier molecular flexibility index (Phi) is 4.22. The Morgan fingerprint density at radius 2 is 2.09 bits per heavy atom. The van der Waals surface area contributed by atoms with Crippen LogP contribution in [-0.4, -0.2) is 28.2 Å². The molecule has 122 valence electrons. The number of aromatic nitrogens is 1. The second kappa shape index (κ2) is 6.16. The highest BCUT2D eigenvalue weighted by Gasteiger charge is 2.29. The van der Waals surface area contributed by atoms with Gasteiger partial charge in [0.15, 0.2) is 0 Å². The molecule has 0 saturated heterocycles. The molecule has 1 amide bonds. The quantitative estimate of drug-likeness (QED) is 0.903. The van der Waals surface area contributed by atoms with Crippen LogP contribution in [-0.2, 0) is 7.05 Å². The average molecular weight is 314 g/mol. The minimum atomic E-state index is -0.276. The van der Waals surface area contributed by atoms with Gasteiger partial charge in [0, 0.05) is 18.0 Å². The summed E-state index contributed by atoms with van der Waals surface area (Å²) in [6.45, 7) is 1.61. The van der Waals surface area contributed by atoms with Crippen molar-refractivity contribution in [2.24, 2.45) is 13.0 Å². The van der Waals surface area contributed by atoms with Crippen molar-refractivity contribution in [2.45, 2.75) is 32.2 Å². The second-order valence-electron chi connectivity index (χ2n) is 6.33. The van der Waals surface area contributed by atoms with Gasteiger partial charge in [0.25, 0.3) is 11.5 Å². The summed E-state index contributed by atoms with van der Waals surface area (Å²) in [5.41, 5.74) is 1.42. The number of pyridine rings is 1. The number of aliphatic hydroxyl groups excluding tert-OH is 1. The third-order valence-corrected chi connectivity index (χ3v) is 4.99. The van der Waals surface area contributed by atoms with Gasteiger partial charge < -0.3 is 15.0 Å². The van der Waals surface area contributed by atoms with Gasteiger partial charge in [-0.25, -0.2) is 0 Å². The summed E-state index contributed by atoms with van der Waals surface area (Å²) in [5, 5.41) is 13.2. The molecule has 1 aliphatic carbocycles. The molecule has 0 unspecified atom stereocenters. The van der Waals surface area contributed by atoms with Crippen LogP contribution >= 0.6 is 0 Å². The molecule has 1 saturated carbocycles. The smallest absolute Gasteiger partial charge is 0.254 e. The van der Waals surface area contributed by atoms with Crippen LogP contribution in [0.2, 0.25) is 0 Å². The monoisotopic (exact) mass is 314 g/mol. The average Bonchev–Trinajstić information content (AvgIpc) is 2.50. The zero-order valence-electron chi connectivity index (χ0n) is 13.5. The number of amides is 1. The highest BCUT2D eigenvalue weighted by atomic mass is 16.3. The summed E-state index contributed by atoms with van der Waals surface area (Å²) in [7, 11) is 1.71. The van der Waals surface area contributed by atoms with Gasteiger partial charge in [-0.3, -0.25) is 9.59 Å². The van der Waals surface area contributed by atoms with Crippen molar-refractivity contribution in [1.29, 1.82) is 0 Å². The van der Waals surface area contributed by atoms with E-state index in [0.717, 1.165) is 30.2 Å². The first-order chi connectivity index (χ1) is 11.0. The zero-order chi connectivity index (χ0) is 16.6. The van der Waals surface area contributed by atoms with Gasteiger partial charge in [0.1, 0.15) is 0 Å². The minimum absolute atomic E-state index is 0.0712. The van der Waals surface area contributed by atoms with Crippen LogP contribution in [0.15, 0.2) is 29.1 Å². The molecule has 1 aromatic carbocycles. The Labute approximate surface area is 134 Å². The summed E-state index contributed by atoms with van der Waals surface area (Å²) in [5.74, 6) is 0.0596. The molecule has 5 nitrogen and oxygen atoms in total. The van der Waals surface area contributed by atoms with E-state index in [2.05, 4.69) is 5.32 Å². The lowest BCUT2D eigenvalue weighted by Gasteiger charge is -2.33. The molecule has 23 heavy (non-hydrogen) atoms. The molecule has 2 N–H and O–H groups in total. The van der Waals surface area contributed by atoms with Gasteiger partial charge in [-0.2, -0.15) is 0 Å². The molecule has 1 aromatic heterocycles. The maximum absolute atomic E-state index is 12.8. The predicted molar refractivity (Wildman–Crippen MR) is 89.6 cm³/mol. The molecule has 0 bridgehead atoms. The van der Waals surface area contributed by atoms with Crippen molar-refractivity contribution in [3.63, 3.8) is 0 Å². The van der Waals surface area contributed by atoms with Gasteiger partial charge in [0.05, 0.1) is 23.7 Å². The SMILES string of the molecule is Cc1c(C(=O)N[C@@H](CO)C2CCC2)c2ccccc2n(C)c1=O. The van der Waals surface area contributed by atoms with Gasteiger partial charge >= 0.3 is 0 Å². The fourth-order valence-electron chi connectivity index (χ4n) is 3.34. The van der Waals surface area contributed by atoms with Crippen LogP contribution in [0.5, 0.6) is 0 Å². The first-order valence-corrected chi connectivity index (χ1v) is 8.04. The highest BCUT2D eigenvalue weighted by Crippen LogP contribution is 2.30. The Hall–Kier alpha value is -2.14. The van der Waals surface area contributed by atoms with Crippen LogP contribution in [0, 0.1) is 12.8 Å². The number of aliphatic hydroxyl groups is 1. The third-order valence-electron chi connectivity index (χ3n) is 4.99. The number of benzene rings is 1. The molecule has 1 heterocycles. The second-order valence-corrected chi connectivity index (χ2v) is 6.33. The largest absolute Gasteiger partial charge is 0.394 e. The Balaban J connectivity index is 2.04. The van der Waals surface area contributed by atoms with E-state index in [1.165, 1.54) is 0 Å². The van der Waals surface area contributed by atoms with Crippen molar-refractivity contribution in [2.75, 3.05) is 6.61 Å². The summed E-state index contributed by atoms with van der Waals surface area (Å²) in [6, 6.07) is 7.16. The van der Waals surface area contributed by atoms with Crippen molar-refractivity contribution in [3.05, 3.63) is 45.7 Å². The summed E-state index contributed by atoms with van der Waals surface area (Å²) >= 11 is 0. The molecule has 0 spiro atoms. The van der Waals surface area contributed by atoms with Crippen LogP contribution in [0.1, 0.15) is 35.2 Å². The summed E-state index contributed by atoms with van der Waals surface area (Å²) < 4.78 is 1.57. The standard InChI is InChI=1S/C18H22N2O3/c1-11-16(17(22)19-14(10-21)12-6-5-7-12)13-8-3-4-9-15(13)20(2)18(11)23/h3-4,8-9,12,14,21H,5-7,10H2,1-2H3,(H,19,22)/t14-/m0/s1. The minimum Gasteiger partial charge on any atom is -0.394 e. The van der Waals surface area contributed by atoms with Crippen molar-refractivity contribution in [3.8, 4) is 0 Å². The number of fused-ring (bicyclic) bond motifs is 1. The lowest BCUT2D eigenvalue weighted by Crippen LogP contribution is -2.45. The van der Waals surface area contributed by atoms with Crippen LogP contribution in [0.4, 0.5) is 0 Å². The van der Waals surface area contributed by atoms with Gasteiger partial charge in [0.2, 0.25) is 0 Å². The zero-order valence-corrected chi connectivity index (χ0v) is 13.5. The molecule has 2 aromatic rings. The van der Waals surface area contributed by atoms with E-state index >= 15 is 0 Å². The number of nitrogens with one attached hydrogen (secondary N) is 1. The molecule has 3 rings (SSSR count). The maximum atomic E-state index is 12.8. The fraction of sp³-hybridized carbons (Fsp3) is 0.444. The molecule has 5 heteroatoms. The first-order valence-electron chi connectivity index (χ1n) is 8.04. The summed E-state index contributed by atoms with van der Waals surface area (Å²) in [6.07, 6.45) is 3.20. The van der Waals surface area contributed by atoms with Gasteiger partial charge in [-0.15, -0.1) is 0 Å². The number of carbonyl (C=O) groups is 1. The normalized spacial score (nSPS) is 16.1. The lowest BCUT2D eigenvalue weighted by atomic mass is 9.80. The molecule has 0 aliphatic heterocycles. The van der Waals surface area contributed by atoms with E-state index in [1.807, 2.05) is 24.3 Å². The van der Waals surface area contributed by atoms with Crippen molar-refractivity contribution < 1.29 is 9.90 Å². The van der Waals surface area contributed by atoms with E-state index < -0.39 is 0 Å². The summed E-state index contributed by atoms with van der Waals surface area (Å²) in [4.78, 5) is 25.2. The van der Waals surface area contributed by atoms with E-state index in [1.54, 1.807) is 18.5 Å². The Bertz CT molecular complexity index is 806. The number of nitrogens with zero attached hydrogens (tertiary/aromatic N) is 1. The van der Waals surface area contributed by atoms with Gasteiger partial charge in [-0.05, 0) is 31.7 Å². The van der Waals surface area contributed by atoms with Gasteiger partial charge in [-0.1, -0.05) is 24.6 Å². The lowest BCUT2D eigenvalue weighted by molar-refractivity contribution is 0.0846. The maximum Gasteiger partial charge on any atom is 0.254 e. The molecule has 1 fully saturated rings. The number of hydrogen-bond donors (Lipinski definition) is 2. The van der Waals surface area contributed by atoms with E-state index in [-0.39, 0.29) is 24.1 Å². The van der Waals surface area contributed by atoms with Crippen LogP contribution < -0.4 is 10.9 Å². The molecule has 1 atom stereocenters.